The number of fused-ring (bicyclic) bond motifs is 1. The summed E-state index contributed by atoms with van der Waals surface area (Å²) in [7, 11) is -1.21. The number of hydrogen-bond donors (Lipinski definition) is 0. The lowest BCUT2D eigenvalue weighted by molar-refractivity contribution is 0.260. The molecule has 0 fully saturated rings. The SMILES string of the molecule is C[SiH](C)c1c(Br)c2nc(OCc3ccccc3)nc(OCc3ccccc3)c2n1C(C)(C)C. The van der Waals surface area contributed by atoms with Gasteiger partial charge in [-0.3, -0.25) is 0 Å². The summed E-state index contributed by atoms with van der Waals surface area (Å²) in [5.41, 5.74) is 3.74. The largest absolute Gasteiger partial charge is 0.471 e. The lowest BCUT2D eigenvalue weighted by Crippen LogP contribution is -2.39. The average molecular weight is 525 g/mol. The van der Waals surface area contributed by atoms with Crippen LogP contribution in [0.3, 0.4) is 0 Å². The summed E-state index contributed by atoms with van der Waals surface area (Å²) in [6, 6.07) is 20.5. The highest BCUT2D eigenvalue weighted by atomic mass is 79.9. The number of hydrogen-bond acceptors (Lipinski definition) is 4. The Morgan fingerprint density at radius 1 is 0.848 bits per heavy atom. The third-order valence-corrected chi connectivity index (χ3v) is 8.22. The lowest BCUT2D eigenvalue weighted by Gasteiger charge is -2.27. The van der Waals surface area contributed by atoms with Gasteiger partial charge in [-0.15, -0.1) is 0 Å². The molecule has 2 aromatic heterocycles. The highest BCUT2D eigenvalue weighted by Gasteiger charge is 2.30. The zero-order valence-corrected chi connectivity index (χ0v) is 22.5. The van der Waals surface area contributed by atoms with E-state index in [0.29, 0.717) is 25.1 Å². The Bertz CT molecular complexity index is 1240. The van der Waals surface area contributed by atoms with Gasteiger partial charge >= 0.3 is 6.01 Å². The molecule has 0 bridgehead atoms. The van der Waals surface area contributed by atoms with Gasteiger partial charge in [0.25, 0.3) is 0 Å². The molecule has 0 aliphatic rings. The Morgan fingerprint density at radius 3 is 1.91 bits per heavy atom. The Hall–Kier alpha value is -2.64. The Kier molecular flexibility index (Phi) is 6.90. The number of nitrogens with zero attached hydrogens (tertiary/aromatic N) is 3. The van der Waals surface area contributed by atoms with Crippen LogP contribution in [-0.4, -0.2) is 23.3 Å². The second kappa shape index (κ2) is 9.69. The number of rotatable bonds is 7. The van der Waals surface area contributed by atoms with Crippen molar-refractivity contribution in [1.82, 2.24) is 14.5 Å². The number of halogens is 1. The lowest BCUT2D eigenvalue weighted by atomic mass is 10.1. The van der Waals surface area contributed by atoms with Gasteiger partial charge in [0, 0.05) is 10.9 Å². The summed E-state index contributed by atoms with van der Waals surface area (Å²) in [5, 5.41) is 1.30. The predicted molar refractivity (Wildman–Crippen MR) is 140 cm³/mol. The van der Waals surface area contributed by atoms with Gasteiger partial charge in [0.05, 0.1) is 13.3 Å². The minimum atomic E-state index is -1.21. The van der Waals surface area contributed by atoms with Crippen LogP contribution in [0.25, 0.3) is 11.0 Å². The zero-order chi connectivity index (χ0) is 23.6. The molecule has 2 aromatic carbocycles. The third-order valence-electron chi connectivity index (χ3n) is 5.38. The molecule has 4 rings (SSSR count). The van der Waals surface area contributed by atoms with Gasteiger partial charge in [-0.1, -0.05) is 73.8 Å². The first-order chi connectivity index (χ1) is 15.8. The Balaban J connectivity index is 1.83. The maximum Gasteiger partial charge on any atom is 0.320 e. The summed E-state index contributed by atoms with van der Waals surface area (Å²) in [5.74, 6) is 0.545. The van der Waals surface area contributed by atoms with Crippen LogP contribution in [-0.2, 0) is 18.8 Å². The van der Waals surface area contributed by atoms with E-state index in [0.717, 1.165) is 26.6 Å². The molecule has 0 aliphatic carbocycles. The van der Waals surface area contributed by atoms with Gasteiger partial charge < -0.3 is 14.0 Å². The molecule has 33 heavy (non-hydrogen) atoms. The first-order valence-electron chi connectivity index (χ1n) is 11.2. The summed E-state index contributed by atoms with van der Waals surface area (Å²) < 4.78 is 15.7. The van der Waals surface area contributed by atoms with E-state index in [2.05, 4.69) is 66.5 Å². The number of aromatic nitrogens is 3. The van der Waals surface area contributed by atoms with Crippen molar-refractivity contribution in [3.05, 3.63) is 76.3 Å². The Labute approximate surface area is 205 Å². The molecule has 0 radical (unpaired) electrons. The molecule has 0 unspecified atom stereocenters. The quantitative estimate of drug-likeness (QED) is 0.287. The molecule has 5 nitrogen and oxygen atoms in total. The molecule has 0 N–H and O–H groups in total. The van der Waals surface area contributed by atoms with E-state index in [-0.39, 0.29) is 5.54 Å². The minimum absolute atomic E-state index is 0.155. The maximum absolute atomic E-state index is 6.32. The van der Waals surface area contributed by atoms with Crippen molar-refractivity contribution in [3.8, 4) is 11.9 Å². The molecule has 0 atom stereocenters. The van der Waals surface area contributed by atoms with E-state index in [1.807, 2.05) is 48.5 Å². The molecule has 0 amide bonds. The van der Waals surface area contributed by atoms with Crippen molar-refractivity contribution in [1.29, 1.82) is 0 Å². The molecule has 4 aromatic rings. The molecule has 2 heterocycles. The third kappa shape index (κ3) is 5.14. The van der Waals surface area contributed by atoms with E-state index in [9.17, 15) is 0 Å². The summed E-state index contributed by atoms with van der Waals surface area (Å²) in [6.07, 6.45) is 0. The van der Waals surface area contributed by atoms with E-state index >= 15 is 0 Å². The molecular weight excluding hydrogens is 494 g/mol. The monoisotopic (exact) mass is 523 g/mol. The van der Waals surface area contributed by atoms with Gasteiger partial charge in [0.15, 0.2) is 0 Å². The fraction of sp³-hybridized carbons (Fsp3) is 0.308. The number of ether oxygens (including phenoxy) is 2. The van der Waals surface area contributed by atoms with E-state index in [1.165, 1.54) is 5.32 Å². The molecule has 0 spiro atoms. The van der Waals surface area contributed by atoms with Crippen molar-refractivity contribution in [3.63, 3.8) is 0 Å². The van der Waals surface area contributed by atoms with Crippen LogP contribution in [0, 0.1) is 0 Å². The van der Waals surface area contributed by atoms with Crippen molar-refractivity contribution in [2.24, 2.45) is 0 Å². The van der Waals surface area contributed by atoms with Crippen molar-refractivity contribution in [2.45, 2.75) is 52.6 Å². The second-order valence-electron chi connectivity index (χ2n) is 9.42. The topological polar surface area (TPSA) is 49.2 Å². The van der Waals surface area contributed by atoms with E-state index < -0.39 is 8.80 Å². The molecule has 0 aliphatic heterocycles. The molecule has 7 heteroatoms. The van der Waals surface area contributed by atoms with Gasteiger partial charge in [-0.05, 0) is 47.8 Å². The van der Waals surface area contributed by atoms with Crippen LogP contribution in [0.1, 0.15) is 31.9 Å². The van der Waals surface area contributed by atoms with Crippen LogP contribution in [0.2, 0.25) is 13.1 Å². The molecular formula is C26H30BrN3O2Si. The van der Waals surface area contributed by atoms with Crippen molar-refractivity contribution in [2.75, 3.05) is 0 Å². The predicted octanol–water partition coefficient (Wildman–Crippen LogP) is 5.80. The van der Waals surface area contributed by atoms with Crippen LogP contribution in [0.4, 0.5) is 0 Å². The zero-order valence-electron chi connectivity index (χ0n) is 19.8. The van der Waals surface area contributed by atoms with Gasteiger partial charge in [0.2, 0.25) is 5.88 Å². The smallest absolute Gasteiger partial charge is 0.320 e. The van der Waals surface area contributed by atoms with Gasteiger partial charge in [0.1, 0.15) is 24.2 Å². The molecule has 0 saturated heterocycles. The first kappa shape index (κ1) is 23.5. The highest BCUT2D eigenvalue weighted by Crippen LogP contribution is 2.35. The summed E-state index contributed by atoms with van der Waals surface area (Å²) in [4.78, 5) is 9.56. The normalized spacial score (nSPS) is 11.8. The fourth-order valence-corrected chi connectivity index (χ4v) is 7.43. The van der Waals surface area contributed by atoms with E-state index in [4.69, 9.17) is 19.4 Å². The van der Waals surface area contributed by atoms with E-state index in [1.54, 1.807) is 0 Å². The second-order valence-corrected chi connectivity index (χ2v) is 13.1. The summed E-state index contributed by atoms with van der Waals surface area (Å²) in [6.45, 7) is 12.1. The van der Waals surface area contributed by atoms with Gasteiger partial charge in [-0.2, -0.15) is 9.97 Å². The summed E-state index contributed by atoms with van der Waals surface area (Å²) >= 11 is 3.87. The van der Waals surface area contributed by atoms with Crippen molar-refractivity contribution >= 4 is 41.1 Å². The van der Waals surface area contributed by atoms with Crippen molar-refractivity contribution < 1.29 is 9.47 Å². The first-order valence-corrected chi connectivity index (χ1v) is 14.9. The molecule has 0 saturated carbocycles. The highest BCUT2D eigenvalue weighted by molar-refractivity contribution is 9.10. The fourth-order valence-electron chi connectivity index (χ4n) is 3.93. The Morgan fingerprint density at radius 2 is 1.39 bits per heavy atom. The molecule has 172 valence electrons. The maximum atomic E-state index is 6.32. The minimum Gasteiger partial charge on any atom is -0.471 e. The van der Waals surface area contributed by atoms with Crippen LogP contribution in [0.15, 0.2) is 65.1 Å². The van der Waals surface area contributed by atoms with Crippen LogP contribution in [0.5, 0.6) is 11.9 Å². The standard InChI is InChI=1S/C26H30BrN3O2Si/c1-26(2,3)30-22-21(20(27)24(30)33(4)5)28-25(32-17-19-14-10-7-11-15-19)29-23(22)31-16-18-12-8-6-9-13-18/h6-15,33H,16-17H2,1-5H3. The van der Waals surface area contributed by atoms with Crippen LogP contribution >= 0.6 is 15.9 Å². The number of benzene rings is 2. The average Bonchev–Trinajstić information content (AvgIpc) is 3.11. The van der Waals surface area contributed by atoms with Crippen LogP contribution < -0.4 is 14.8 Å². The van der Waals surface area contributed by atoms with Gasteiger partial charge in [-0.25, -0.2) is 0 Å².